The Morgan fingerprint density at radius 2 is 2.24 bits per heavy atom. The zero-order valence-electron chi connectivity index (χ0n) is 11.0. The molecule has 0 bridgehead atoms. The monoisotopic (exact) mass is 253 g/mol. The number of aryl methyl sites for hydroxylation is 1. The summed E-state index contributed by atoms with van der Waals surface area (Å²) in [5.74, 6) is 1.61. The van der Waals surface area contributed by atoms with E-state index < -0.39 is 0 Å². The molecule has 2 rings (SSSR count). The van der Waals surface area contributed by atoms with E-state index in [1.54, 1.807) is 0 Å². The van der Waals surface area contributed by atoms with Crippen LogP contribution in [-0.4, -0.2) is 21.1 Å². The highest BCUT2D eigenvalue weighted by Gasteiger charge is 2.30. The highest BCUT2D eigenvalue weighted by Crippen LogP contribution is 2.38. The molecule has 0 aliphatic heterocycles. The summed E-state index contributed by atoms with van der Waals surface area (Å²) in [5.41, 5.74) is 6.25. The van der Waals surface area contributed by atoms with E-state index in [9.17, 15) is 0 Å². The number of hydrogen-bond acceptors (Lipinski definition) is 3. The van der Waals surface area contributed by atoms with Gasteiger partial charge in [-0.15, -0.1) is 11.8 Å². The van der Waals surface area contributed by atoms with Crippen molar-refractivity contribution < 1.29 is 0 Å². The topological polar surface area (TPSA) is 43.8 Å². The van der Waals surface area contributed by atoms with Gasteiger partial charge >= 0.3 is 0 Å². The summed E-state index contributed by atoms with van der Waals surface area (Å²) in [7, 11) is 1.96. The van der Waals surface area contributed by atoms with Crippen molar-refractivity contribution in [3.8, 4) is 0 Å². The third kappa shape index (κ3) is 3.26. The van der Waals surface area contributed by atoms with Crippen LogP contribution in [0.4, 0.5) is 0 Å². The van der Waals surface area contributed by atoms with Crippen molar-refractivity contribution in [2.75, 3.05) is 0 Å². The van der Waals surface area contributed by atoms with Crippen LogP contribution < -0.4 is 5.73 Å². The smallest absolute Gasteiger partial charge is 0.0625 e. The van der Waals surface area contributed by atoms with Crippen LogP contribution in [0.2, 0.25) is 0 Å². The van der Waals surface area contributed by atoms with Crippen LogP contribution in [0.3, 0.4) is 0 Å². The van der Waals surface area contributed by atoms with Crippen LogP contribution in [-0.2, 0) is 7.05 Å². The molecule has 0 saturated heterocycles. The molecule has 3 unspecified atom stereocenters. The normalized spacial score (nSPS) is 29.8. The average Bonchev–Trinajstić information content (AvgIpc) is 2.67. The molecule has 3 nitrogen and oxygen atoms in total. The van der Waals surface area contributed by atoms with Crippen molar-refractivity contribution in [3.05, 3.63) is 12.4 Å². The molecule has 0 amide bonds. The molecule has 0 spiro atoms. The molecular weight excluding hydrogens is 230 g/mol. The molecule has 1 aliphatic carbocycles. The van der Waals surface area contributed by atoms with E-state index in [0.29, 0.717) is 11.3 Å². The van der Waals surface area contributed by atoms with Crippen molar-refractivity contribution in [2.24, 2.45) is 24.6 Å². The summed E-state index contributed by atoms with van der Waals surface area (Å²) < 4.78 is 1.86. The summed E-state index contributed by atoms with van der Waals surface area (Å²) in [4.78, 5) is 1.25. The van der Waals surface area contributed by atoms with Gasteiger partial charge in [0.2, 0.25) is 0 Å². The van der Waals surface area contributed by atoms with Gasteiger partial charge in [0, 0.05) is 29.4 Å². The minimum atomic E-state index is 0.343. The zero-order valence-corrected chi connectivity index (χ0v) is 11.8. The molecule has 96 valence electrons. The average molecular weight is 253 g/mol. The molecule has 1 aliphatic rings. The lowest BCUT2D eigenvalue weighted by Crippen LogP contribution is -2.39. The lowest BCUT2D eigenvalue weighted by atomic mass is 9.79. The summed E-state index contributed by atoms with van der Waals surface area (Å²) in [6, 6.07) is 0.343. The third-order valence-corrected chi connectivity index (χ3v) is 5.12. The van der Waals surface area contributed by atoms with Crippen molar-refractivity contribution in [1.29, 1.82) is 0 Å². The first-order chi connectivity index (χ1) is 8.06. The Morgan fingerprint density at radius 3 is 2.82 bits per heavy atom. The molecule has 1 saturated carbocycles. The van der Waals surface area contributed by atoms with Crippen LogP contribution in [0.1, 0.15) is 33.1 Å². The Kier molecular flexibility index (Phi) is 4.15. The van der Waals surface area contributed by atoms with Crippen LogP contribution in [0.25, 0.3) is 0 Å². The van der Waals surface area contributed by atoms with Crippen LogP contribution >= 0.6 is 11.8 Å². The minimum Gasteiger partial charge on any atom is -0.327 e. The minimum absolute atomic E-state index is 0.343. The highest BCUT2D eigenvalue weighted by molar-refractivity contribution is 8.00. The van der Waals surface area contributed by atoms with E-state index in [2.05, 4.69) is 25.1 Å². The number of nitrogens with two attached hydrogens (primary N) is 1. The predicted octanol–water partition coefficient (Wildman–Crippen LogP) is 2.66. The molecule has 1 aromatic rings. The first-order valence-corrected chi connectivity index (χ1v) is 7.35. The second-order valence-electron chi connectivity index (χ2n) is 5.49. The molecule has 2 N–H and O–H groups in total. The largest absolute Gasteiger partial charge is 0.327 e. The van der Waals surface area contributed by atoms with Gasteiger partial charge in [-0.2, -0.15) is 5.10 Å². The quantitative estimate of drug-likeness (QED) is 0.900. The number of rotatable bonds is 3. The van der Waals surface area contributed by atoms with Gasteiger partial charge in [-0.3, -0.25) is 4.68 Å². The number of nitrogens with zero attached hydrogens (tertiary/aromatic N) is 2. The van der Waals surface area contributed by atoms with Crippen LogP contribution in [0, 0.1) is 11.8 Å². The van der Waals surface area contributed by atoms with Crippen LogP contribution in [0.15, 0.2) is 17.3 Å². The lowest BCUT2D eigenvalue weighted by molar-refractivity contribution is 0.266. The first kappa shape index (κ1) is 13.0. The van der Waals surface area contributed by atoms with E-state index in [-0.39, 0.29) is 0 Å². The Hall–Kier alpha value is -0.480. The van der Waals surface area contributed by atoms with E-state index in [1.807, 2.05) is 29.7 Å². The summed E-state index contributed by atoms with van der Waals surface area (Å²) >= 11 is 1.91. The summed E-state index contributed by atoms with van der Waals surface area (Å²) in [5, 5.41) is 4.77. The van der Waals surface area contributed by atoms with Gasteiger partial charge in [0.15, 0.2) is 0 Å². The van der Waals surface area contributed by atoms with Crippen LogP contribution in [0.5, 0.6) is 0 Å². The van der Waals surface area contributed by atoms with Gasteiger partial charge in [0.1, 0.15) is 0 Å². The molecule has 0 radical (unpaired) electrons. The maximum absolute atomic E-state index is 6.25. The summed E-state index contributed by atoms with van der Waals surface area (Å²) in [6.07, 6.45) is 7.73. The maximum Gasteiger partial charge on any atom is 0.0625 e. The van der Waals surface area contributed by atoms with Gasteiger partial charge in [-0.25, -0.2) is 0 Å². The van der Waals surface area contributed by atoms with E-state index in [4.69, 9.17) is 5.73 Å². The van der Waals surface area contributed by atoms with Crippen molar-refractivity contribution >= 4 is 11.8 Å². The fourth-order valence-electron chi connectivity index (χ4n) is 2.56. The fraction of sp³-hybridized carbons (Fsp3) is 0.769. The van der Waals surface area contributed by atoms with Crippen molar-refractivity contribution in [2.45, 2.75) is 49.3 Å². The Labute approximate surface area is 108 Å². The van der Waals surface area contributed by atoms with Gasteiger partial charge in [-0.05, 0) is 31.1 Å². The van der Waals surface area contributed by atoms with Crippen molar-refractivity contribution in [1.82, 2.24) is 9.78 Å². The van der Waals surface area contributed by atoms with Gasteiger partial charge in [-0.1, -0.05) is 13.8 Å². The molecule has 4 heteroatoms. The molecule has 1 fully saturated rings. The van der Waals surface area contributed by atoms with E-state index >= 15 is 0 Å². The Bertz CT molecular complexity index is 361. The van der Waals surface area contributed by atoms with Gasteiger partial charge in [0.25, 0.3) is 0 Å². The first-order valence-electron chi connectivity index (χ1n) is 6.47. The van der Waals surface area contributed by atoms with E-state index in [0.717, 1.165) is 11.8 Å². The third-order valence-electron chi connectivity index (χ3n) is 3.79. The van der Waals surface area contributed by atoms with Crippen molar-refractivity contribution in [3.63, 3.8) is 0 Å². The number of hydrogen-bond donors (Lipinski definition) is 1. The fourth-order valence-corrected chi connectivity index (χ4v) is 3.88. The Morgan fingerprint density at radius 1 is 1.47 bits per heavy atom. The second-order valence-corrected chi connectivity index (χ2v) is 6.80. The molecule has 1 aromatic heterocycles. The van der Waals surface area contributed by atoms with Gasteiger partial charge in [0.05, 0.1) is 6.20 Å². The second kappa shape index (κ2) is 5.44. The lowest BCUT2D eigenvalue weighted by Gasteiger charge is -2.35. The Balaban J connectivity index is 1.98. The number of aromatic nitrogens is 2. The molecule has 1 heterocycles. The molecule has 17 heavy (non-hydrogen) atoms. The number of thioether (sulfide) groups is 1. The van der Waals surface area contributed by atoms with E-state index in [1.165, 1.54) is 24.2 Å². The zero-order chi connectivity index (χ0) is 12.4. The molecular formula is C13H23N3S. The highest BCUT2D eigenvalue weighted by atomic mass is 32.2. The molecule has 0 aromatic carbocycles. The predicted molar refractivity (Wildman–Crippen MR) is 73.0 cm³/mol. The maximum atomic E-state index is 6.25. The summed E-state index contributed by atoms with van der Waals surface area (Å²) in [6.45, 7) is 4.65. The molecule has 3 atom stereocenters. The SMILES string of the molecule is CC(C)C1CCC(N)C(Sc2cnn(C)c2)C1. The standard InChI is InChI=1S/C13H23N3S/c1-9(2)10-4-5-12(14)13(6-10)17-11-7-15-16(3)8-11/h7-10,12-13H,4-6,14H2,1-3H3. The van der Waals surface area contributed by atoms with Gasteiger partial charge < -0.3 is 5.73 Å².